The molecule has 10 nitrogen and oxygen atoms in total. The van der Waals surface area contributed by atoms with Gasteiger partial charge < -0.3 is 20.1 Å². The molecule has 0 saturated carbocycles. The number of benzene rings is 1. The summed E-state index contributed by atoms with van der Waals surface area (Å²) in [6.07, 6.45) is 1.55. The number of fused-ring (bicyclic) bond motifs is 1. The molecule has 35 heavy (non-hydrogen) atoms. The lowest BCUT2D eigenvalue weighted by molar-refractivity contribution is 0.0745. The van der Waals surface area contributed by atoms with E-state index < -0.39 is 5.41 Å². The van der Waals surface area contributed by atoms with Gasteiger partial charge in [0, 0.05) is 43.5 Å². The number of pyridine rings is 1. The SMILES string of the molecule is CC(C)(C#N)CN=C/C(=N\N)c1ccc(C(=O)N2CCN(c3nc4nc(Cl)ccc4o3)CC2)cc1. The number of amides is 1. The van der Waals surface area contributed by atoms with Crippen LogP contribution in [0.3, 0.4) is 0 Å². The predicted molar refractivity (Wildman–Crippen MR) is 135 cm³/mol. The van der Waals surface area contributed by atoms with Gasteiger partial charge in [0.25, 0.3) is 11.9 Å². The van der Waals surface area contributed by atoms with Crippen molar-refractivity contribution in [2.45, 2.75) is 13.8 Å². The standard InChI is InChI=1S/C24H25ClN8O2/c1-24(2,14-26)15-28-13-18(31-27)16-3-5-17(6-4-16)22(34)32-9-11-33(12-10-32)23-30-21-19(35-23)7-8-20(25)29-21/h3-8,13H,9-12,15,27H2,1-2H3/b28-13?,31-18+. The molecule has 1 saturated heterocycles. The van der Waals surface area contributed by atoms with E-state index in [1.54, 1.807) is 47.5 Å². The van der Waals surface area contributed by atoms with Gasteiger partial charge in [-0.05, 0) is 38.1 Å². The fraction of sp³-hybridized carbons (Fsp3) is 0.333. The third-order valence-corrected chi connectivity index (χ3v) is 5.83. The Hall–Kier alpha value is -3.97. The number of carbonyl (C=O) groups is 1. The zero-order valence-corrected chi connectivity index (χ0v) is 20.2. The fourth-order valence-electron chi connectivity index (χ4n) is 3.56. The number of oxazole rings is 1. The van der Waals surface area contributed by atoms with Crippen molar-refractivity contribution in [1.82, 2.24) is 14.9 Å². The first-order chi connectivity index (χ1) is 16.8. The number of rotatable bonds is 6. The van der Waals surface area contributed by atoms with E-state index >= 15 is 0 Å². The lowest BCUT2D eigenvalue weighted by Crippen LogP contribution is -2.48. The monoisotopic (exact) mass is 492 g/mol. The van der Waals surface area contributed by atoms with Crippen LogP contribution in [0.5, 0.6) is 0 Å². The minimum absolute atomic E-state index is 0.0575. The molecule has 2 N–H and O–H groups in total. The molecule has 2 aromatic heterocycles. The normalized spacial score (nSPS) is 15.1. The fourth-order valence-corrected chi connectivity index (χ4v) is 3.71. The highest BCUT2D eigenvalue weighted by atomic mass is 35.5. The van der Waals surface area contributed by atoms with Crippen LogP contribution < -0.4 is 10.7 Å². The zero-order chi connectivity index (χ0) is 25.0. The van der Waals surface area contributed by atoms with Crippen molar-refractivity contribution in [3.05, 3.63) is 52.7 Å². The predicted octanol–water partition coefficient (Wildman–Crippen LogP) is 3.12. The summed E-state index contributed by atoms with van der Waals surface area (Å²) in [6, 6.07) is 13.1. The van der Waals surface area contributed by atoms with Crippen molar-refractivity contribution < 1.29 is 9.21 Å². The number of anilines is 1. The number of piperazine rings is 1. The maximum Gasteiger partial charge on any atom is 0.300 e. The van der Waals surface area contributed by atoms with Crippen LogP contribution in [-0.4, -0.2) is 65.4 Å². The average Bonchev–Trinajstić information content (AvgIpc) is 3.30. The molecule has 0 spiro atoms. The highest BCUT2D eigenvalue weighted by Crippen LogP contribution is 2.23. The summed E-state index contributed by atoms with van der Waals surface area (Å²) in [5, 5.41) is 13.2. The quantitative estimate of drug-likeness (QED) is 0.241. The first-order valence-electron chi connectivity index (χ1n) is 11.1. The van der Waals surface area contributed by atoms with Gasteiger partial charge in [-0.1, -0.05) is 23.7 Å². The lowest BCUT2D eigenvalue weighted by atomic mass is 9.96. The van der Waals surface area contributed by atoms with Gasteiger partial charge in [-0.2, -0.15) is 15.3 Å². The van der Waals surface area contributed by atoms with Gasteiger partial charge >= 0.3 is 0 Å². The molecular weight excluding hydrogens is 468 g/mol. The van der Waals surface area contributed by atoms with Gasteiger partial charge in [0.05, 0.1) is 18.0 Å². The van der Waals surface area contributed by atoms with Crippen LogP contribution in [-0.2, 0) is 0 Å². The number of hydrazone groups is 1. The minimum Gasteiger partial charge on any atom is -0.422 e. The zero-order valence-electron chi connectivity index (χ0n) is 19.5. The van der Waals surface area contributed by atoms with Crippen molar-refractivity contribution in [1.29, 1.82) is 5.26 Å². The Morgan fingerprint density at radius 3 is 2.51 bits per heavy atom. The Balaban J connectivity index is 1.36. The molecule has 180 valence electrons. The van der Waals surface area contributed by atoms with Crippen molar-refractivity contribution in [2.75, 3.05) is 37.6 Å². The van der Waals surface area contributed by atoms with Crippen LogP contribution in [0.15, 0.2) is 50.9 Å². The van der Waals surface area contributed by atoms with Gasteiger partial charge in [0.15, 0.2) is 5.58 Å². The summed E-state index contributed by atoms with van der Waals surface area (Å²) < 4.78 is 5.78. The van der Waals surface area contributed by atoms with Crippen LogP contribution in [0.2, 0.25) is 5.15 Å². The number of aliphatic imine (C=N–C) groups is 1. The Kier molecular flexibility index (Phi) is 6.98. The van der Waals surface area contributed by atoms with Crippen LogP contribution in [0.4, 0.5) is 6.01 Å². The molecule has 1 aliphatic rings. The summed E-state index contributed by atoms with van der Waals surface area (Å²) in [6.45, 7) is 6.19. The van der Waals surface area contributed by atoms with Crippen molar-refractivity contribution in [3.63, 3.8) is 0 Å². The first kappa shape index (κ1) is 24.2. The molecule has 4 rings (SSSR count). The number of carbonyl (C=O) groups excluding carboxylic acids is 1. The number of nitriles is 1. The van der Waals surface area contributed by atoms with Crippen molar-refractivity contribution in [3.8, 4) is 6.07 Å². The number of halogens is 1. The van der Waals surface area contributed by atoms with E-state index in [2.05, 4.69) is 26.1 Å². The average molecular weight is 493 g/mol. The summed E-state index contributed by atoms with van der Waals surface area (Å²) in [5.74, 6) is 5.47. The highest BCUT2D eigenvalue weighted by molar-refractivity contribution is 6.38. The van der Waals surface area contributed by atoms with Gasteiger partial charge in [-0.3, -0.25) is 9.79 Å². The molecule has 0 bridgehead atoms. The Morgan fingerprint density at radius 1 is 1.17 bits per heavy atom. The summed E-state index contributed by atoms with van der Waals surface area (Å²) >= 11 is 5.93. The molecule has 0 unspecified atom stereocenters. The van der Waals surface area contributed by atoms with Crippen LogP contribution in [0.25, 0.3) is 11.2 Å². The van der Waals surface area contributed by atoms with Crippen LogP contribution >= 0.6 is 11.6 Å². The van der Waals surface area contributed by atoms with Gasteiger partial charge in [0.2, 0.25) is 5.65 Å². The smallest absolute Gasteiger partial charge is 0.300 e. The number of nitrogens with two attached hydrogens (primary N) is 1. The van der Waals surface area contributed by atoms with Crippen LogP contribution in [0.1, 0.15) is 29.8 Å². The molecule has 1 aromatic carbocycles. The van der Waals surface area contributed by atoms with Gasteiger partial charge in [-0.15, -0.1) is 0 Å². The molecule has 1 aliphatic heterocycles. The third-order valence-electron chi connectivity index (χ3n) is 5.62. The van der Waals surface area contributed by atoms with E-state index in [0.717, 1.165) is 5.56 Å². The lowest BCUT2D eigenvalue weighted by Gasteiger charge is -2.33. The summed E-state index contributed by atoms with van der Waals surface area (Å²) in [4.78, 5) is 29.7. The van der Waals surface area contributed by atoms with E-state index in [9.17, 15) is 4.79 Å². The molecule has 0 atom stereocenters. The van der Waals surface area contributed by atoms with Gasteiger partial charge in [-0.25, -0.2) is 4.98 Å². The maximum absolute atomic E-state index is 13.0. The highest BCUT2D eigenvalue weighted by Gasteiger charge is 2.25. The van der Waals surface area contributed by atoms with E-state index in [1.165, 1.54) is 0 Å². The van der Waals surface area contributed by atoms with Crippen LogP contribution in [0, 0.1) is 16.7 Å². The Morgan fingerprint density at radius 2 is 1.86 bits per heavy atom. The Labute approximate surface area is 207 Å². The molecule has 3 aromatic rings. The van der Waals surface area contributed by atoms with Gasteiger partial charge in [0.1, 0.15) is 10.9 Å². The molecule has 3 heterocycles. The minimum atomic E-state index is -0.568. The summed E-state index contributed by atoms with van der Waals surface area (Å²) in [5.41, 5.74) is 2.24. The van der Waals surface area contributed by atoms with E-state index in [0.29, 0.717) is 66.4 Å². The molecule has 0 aliphatic carbocycles. The topological polar surface area (TPSA) is 137 Å². The largest absolute Gasteiger partial charge is 0.422 e. The second-order valence-electron chi connectivity index (χ2n) is 8.79. The number of aromatic nitrogens is 2. The van der Waals surface area contributed by atoms with E-state index in [-0.39, 0.29) is 5.91 Å². The maximum atomic E-state index is 13.0. The first-order valence-corrected chi connectivity index (χ1v) is 11.4. The van der Waals surface area contributed by atoms with Crippen molar-refractivity contribution in [2.24, 2.45) is 21.4 Å². The van der Waals surface area contributed by atoms with E-state index in [4.69, 9.17) is 27.1 Å². The summed E-state index contributed by atoms with van der Waals surface area (Å²) in [7, 11) is 0. The number of hydrogen-bond acceptors (Lipinski definition) is 9. The second kappa shape index (κ2) is 10.1. The van der Waals surface area contributed by atoms with Crippen molar-refractivity contribution >= 4 is 46.7 Å². The molecule has 11 heteroatoms. The Bertz CT molecular complexity index is 1320. The molecular formula is C24H25ClN8O2. The second-order valence-corrected chi connectivity index (χ2v) is 9.18. The number of nitrogens with zero attached hydrogens (tertiary/aromatic N) is 7. The third kappa shape index (κ3) is 5.58. The molecule has 0 radical (unpaired) electrons. The van der Waals surface area contributed by atoms with E-state index in [1.807, 2.05) is 18.7 Å². The molecule has 1 fully saturated rings. The molecule has 1 amide bonds. The number of hydrogen-bond donors (Lipinski definition) is 1.